The standard InChI is InChI=1S/C9H7.C5H5.C2H7Si.Ti/c1-2-5-9-7-3-6-8(9)4-1;1-2-4-5-3-1;1-3-2;/h1-7H;1-5H;3H,1-2H3;/q2*-1;;+2. The Kier molecular flexibility index (Phi) is 10.7. The molecule has 1 radical (unpaired) electrons. The van der Waals surface area contributed by atoms with E-state index in [1.807, 2.05) is 30.3 Å². The summed E-state index contributed by atoms with van der Waals surface area (Å²) in [5.41, 5.74) is 0. The van der Waals surface area contributed by atoms with Crippen molar-refractivity contribution < 1.29 is 21.7 Å². The Morgan fingerprint density at radius 1 is 0.833 bits per heavy atom. The first-order chi connectivity index (χ1) is 8.38. The third-order valence-electron chi connectivity index (χ3n) is 2.10. The summed E-state index contributed by atoms with van der Waals surface area (Å²) in [7, 11) is 0.750. The third kappa shape index (κ3) is 6.75. The van der Waals surface area contributed by atoms with Crippen molar-refractivity contribution in [3.8, 4) is 0 Å². The van der Waals surface area contributed by atoms with Crippen LogP contribution >= 0.6 is 0 Å². The van der Waals surface area contributed by atoms with E-state index in [1.165, 1.54) is 10.8 Å². The molecule has 3 aromatic rings. The number of hydrogen-bond donors (Lipinski definition) is 0. The summed E-state index contributed by atoms with van der Waals surface area (Å²) in [6.07, 6.45) is 0. The van der Waals surface area contributed by atoms with Gasteiger partial charge in [-0.05, 0) is 0 Å². The normalized spacial score (nSPS) is 8.33. The minimum atomic E-state index is 0. The van der Waals surface area contributed by atoms with Gasteiger partial charge in [0.05, 0.1) is 0 Å². The van der Waals surface area contributed by atoms with E-state index in [4.69, 9.17) is 0 Å². The van der Waals surface area contributed by atoms with Crippen molar-refractivity contribution in [2.45, 2.75) is 13.1 Å². The molecule has 0 saturated carbocycles. The van der Waals surface area contributed by atoms with Crippen molar-refractivity contribution in [2.24, 2.45) is 0 Å². The smallest absolute Gasteiger partial charge is 0.214 e. The van der Waals surface area contributed by atoms with Gasteiger partial charge in [0.25, 0.3) is 0 Å². The van der Waals surface area contributed by atoms with Gasteiger partial charge in [0.2, 0.25) is 0 Å². The molecule has 2 heteroatoms. The minimum absolute atomic E-state index is 0. The summed E-state index contributed by atoms with van der Waals surface area (Å²) in [4.78, 5) is 0. The van der Waals surface area contributed by atoms with E-state index >= 15 is 0 Å². The fraction of sp³-hybridized carbons (Fsp3) is 0.125. The van der Waals surface area contributed by atoms with Crippen LogP contribution in [-0.4, -0.2) is 9.52 Å². The summed E-state index contributed by atoms with van der Waals surface area (Å²) in [6.45, 7) is 4.42. The predicted octanol–water partition coefficient (Wildman–Crippen LogP) is 4.48. The summed E-state index contributed by atoms with van der Waals surface area (Å²) in [6, 6.07) is 24.7. The minimum Gasteiger partial charge on any atom is -0.214 e. The van der Waals surface area contributed by atoms with Gasteiger partial charge in [-0.25, -0.2) is 12.1 Å². The Morgan fingerprint density at radius 3 is 1.94 bits per heavy atom. The van der Waals surface area contributed by atoms with Gasteiger partial charge >= 0.3 is 21.7 Å². The zero-order valence-corrected chi connectivity index (χ0v) is 13.7. The molecule has 0 aliphatic heterocycles. The van der Waals surface area contributed by atoms with Crippen LogP contribution in [0.15, 0.2) is 72.8 Å². The van der Waals surface area contributed by atoms with Gasteiger partial charge in [-0.2, -0.15) is 35.7 Å². The second-order valence-electron chi connectivity index (χ2n) is 3.69. The van der Waals surface area contributed by atoms with Crippen LogP contribution in [-0.2, 0) is 21.7 Å². The average Bonchev–Trinajstić information content (AvgIpc) is 3.05. The second kappa shape index (κ2) is 11.2. The van der Waals surface area contributed by atoms with Crippen LogP contribution in [0.3, 0.4) is 0 Å². The summed E-state index contributed by atoms with van der Waals surface area (Å²) in [5, 5.41) is 2.66. The molecule has 18 heavy (non-hydrogen) atoms. The van der Waals surface area contributed by atoms with Gasteiger partial charge < -0.3 is 0 Å². The molecular formula is C16H19SiTi. The Labute approximate surface area is 127 Å². The monoisotopic (exact) mass is 287 g/mol. The molecule has 0 bridgehead atoms. The quantitative estimate of drug-likeness (QED) is 0.422. The molecule has 0 atom stereocenters. The number of benzene rings is 1. The molecule has 0 unspecified atom stereocenters. The molecule has 0 heterocycles. The molecule has 0 N–H and O–H groups in total. The molecule has 0 aliphatic rings. The fourth-order valence-corrected chi connectivity index (χ4v) is 1.39. The molecular weight excluding hydrogens is 268 g/mol. The molecule has 3 rings (SSSR count). The first kappa shape index (κ1) is 17.1. The second-order valence-corrected chi connectivity index (χ2v) is 4.85. The number of rotatable bonds is 0. The van der Waals surface area contributed by atoms with Crippen LogP contribution in [0.2, 0.25) is 13.1 Å². The first-order valence-electron chi connectivity index (χ1n) is 5.89. The van der Waals surface area contributed by atoms with E-state index in [1.54, 1.807) is 0 Å². The van der Waals surface area contributed by atoms with Gasteiger partial charge in [-0.3, -0.25) is 0 Å². The maximum atomic E-state index is 2.21. The van der Waals surface area contributed by atoms with Crippen molar-refractivity contribution >= 4 is 20.3 Å². The zero-order valence-electron chi connectivity index (χ0n) is 11.0. The Bertz CT molecular complexity index is 435. The summed E-state index contributed by atoms with van der Waals surface area (Å²) >= 11 is 0. The van der Waals surface area contributed by atoms with Crippen LogP contribution in [0.1, 0.15) is 0 Å². The van der Waals surface area contributed by atoms with Gasteiger partial charge in [0.1, 0.15) is 0 Å². The van der Waals surface area contributed by atoms with Gasteiger partial charge in [0.15, 0.2) is 0 Å². The SMILES string of the molecule is C[SiH]C.[Ti+2].c1cc[cH-]c1.c1ccc2[cH-]ccc2c1. The molecule has 0 nitrogen and oxygen atoms in total. The van der Waals surface area contributed by atoms with E-state index in [9.17, 15) is 0 Å². The van der Waals surface area contributed by atoms with E-state index in [2.05, 4.69) is 55.6 Å². The van der Waals surface area contributed by atoms with Crippen LogP contribution in [0.4, 0.5) is 0 Å². The van der Waals surface area contributed by atoms with Crippen molar-refractivity contribution in [2.75, 3.05) is 0 Å². The summed E-state index contributed by atoms with van der Waals surface area (Å²) in [5.74, 6) is 0. The Hall–Kier alpha value is -0.889. The molecule has 91 valence electrons. The van der Waals surface area contributed by atoms with Crippen molar-refractivity contribution in [1.29, 1.82) is 0 Å². The molecule has 0 aromatic heterocycles. The van der Waals surface area contributed by atoms with E-state index in [-0.39, 0.29) is 21.7 Å². The van der Waals surface area contributed by atoms with Crippen molar-refractivity contribution in [3.63, 3.8) is 0 Å². The number of fused-ring (bicyclic) bond motifs is 1. The molecule has 3 aromatic carbocycles. The molecule has 0 fully saturated rings. The molecule has 0 aliphatic carbocycles. The van der Waals surface area contributed by atoms with E-state index in [0.717, 1.165) is 9.52 Å². The predicted molar refractivity (Wildman–Crippen MR) is 80.5 cm³/mol. The maximum Gasteiger partial charge on any atom is 2.00 e. The van der Waals surface area contributed by atoms with Gasteiger partial charge in [0, 0.05) is 9.52 Å². The molecule has 0 spiro atoms. The van der Waals surface area contributed by atoms with Crippen LogP contribution < -0.4 is 0 Å². The Balaban J connectivity index is 0.000000277. The zero-order chi connectivity index (χ0) is 12.3. The molecule has 0 saturated heterocycles. The van der Waals surface area contributed by atoms with Crippen LogP contribution in [0.25, 0.3) is 10.8 Å². The molecule has 0 amide bonds. The van der Waals surface area contributed by atoms with E-state index < -0.39 is 0 Å². The van der Waals surface area contributed by atoms with Crippen LogP contribution in [0.5, 0.6) is 0 Å². The maximum absolute atomic E-state index is 2.21. The van der Waals surface area contributed by atoms with Gasteiger partial charge in [-0.1, -0.05) is 19.2 Å². The van der Waals surface area contributed by atoms with Crippen molar-refractivity contribution in [3.05, 3.63) is 72.8 Å². The topological polar surface area (TPSA) is 0 Å². The van der Waals surface area contributed by atoms with Crippen molar-refractivity contribution in [1.82, 2.24) is 0 Å². The summed E-state index contributed by atoms with van der Waals surface area (Å²) < 4.78 is 0. The van der Waals surface area contributed by atoms with Gasteiger partial charge in [-0.15, -0.1) is 29.7 Å². The van der Waals surface area contributed by atoms with E-state index in [0.29, 0.717) is 0 Å². The third-order valence-corrected chi connectivity index (χ3v) is 2.10. The average molecular weight is 287 g/mol. The largest absolute Gasteiger partial charge is 2.00 e. The fourth-order valence-electron chi connectivity index (χ4n) is 1.39. The first-order valence-corrected chi connectivity index (χ1v) is 8.20. The van der Waals surface area contributed by atoms with Crippen LogP contribution in [0, 0.1) is 0 Å². The Morgan fingerprint density at radius 2 is 1.44 bits per heavy atom. The number of hydrogen-bond acceptors (Lipinski definition) is 0.